The Balaban J connectivity index is 1.99. The van der Waals surface area contributed by atoms with Crippen LogP contribution in [0.3, 0.4) is 0 Å². The van der Waals surface area contributed by atoms with Crippen LogP contribution in [0.1, 0.15) is 28.4 Å². The zero-order chi connectivity index (χ0) is 18.9. The Morgan fingerprint density at radius 2 is 1.46 bits per heavy atom. The van der Waals surface area contributed by atoms with Crippen molar-refractivity contribution in [3.63, 3.8) is 0 Å². The Bertz CT molecular complexity index is 911. The average Bonchev–Trinajstić information content (AvgIpc) is 2.66. The van der Waals surface area contributed by atoms with Gasteiger partial charge in [0.15, 0.2) is 0 Å². The van der Waals surface area contributed by atoms with Crippen molar-refractivity contribution >= 4 is 17.5 Å². The first kappa shape index (κ1) is 18.6. The van der Waals surface area contributed by atoms with Crippen molar-refractivity contribution in [2.75, 3.05) is 5.73 Å². The van der Waals surface area contributed by atoms with Gasteiger partial charge in [-0.15, -0.1) is 0 Å². The van der Waals surface area contributed by atoms with Crippen molar-refractivity contribution in [1.82, 2.24) is 10.8 Å². The standard InChI is InChI=1S/C20H17N3O3/c1-14(19(24)23-26)22-20(25)17-10-6-15(7-11-17)4-2-3-5-16-8-12-18(21)13-9-16/h6-14,26H,21H2,1H3,(H,22,25)(H,23,24). The van der Waals surface area contributed by atoms with Crippen LogP contribution in [0.5, 0.6) is 0 Å². The molecule has 0 aromatic heterocycles. The van der Waals surface area contributed by atoms with E-state index in [2.05, 4.69) is 29.0 Å². The molecule has 5 N–H and O–H groups in total. The number of nitrogens with one attached hydrogen (secondary N) is 2. The Kier molecular flexibility index (Phi) is 6.39. The van der Waals surface area contributed by atoms with Crippen LogP contribution in [0.2, 0.25) is 0 Å². The van der Waals surface area contributed by atoms with Crippen molar-refractivity contribution in [2.24, 2.45) is 0 Å². The molecule has 0 fully saturated rings. The molecule has 2 aromatic rings. The summed E-state index contributed by atoms with van der Waals surface area (Å²) in [5, 5.41) is 11.0. The minimum Gasteiger partial charge on any atom is -0.399 e. The van der Waals surface area contributed by atoms with Gasteiger partial charge in [0.1, 0.15) is 6.04 Å². The van der Waals surface area contributed by atoms with Crippen LogP contribution in [-0.4, -0.2) is 23.1 Å². The molecule has 1 unspecified atom stereocenters. The molecule has 0 aliphatic rings. The van der Waals surface area contributed by atoms with Gasteiger partial charge in [-0.2, -0.15) is 0 Å². The van der Waals surface area contributed by atoms with E-state index in [9.17, 15) is 9.59 Å². The van der Waals surface area contributed by atoms with Crippen molar-refractivity contribution < 1.29 is 14.8 Å². The van der Waals surface area contributed by atoms with Crippen LogP contribution in [-0.2, 0) is 4.79 Å². The number of amides is 2. The minimum absolute atomic E-state index is 0.376. The van der Waals surface area contributed by atoms with E-state index >= 15 is 0 Å². The van der Waals surface area contributed by atoms with Crippen LogP contribution >= 0.6 is 0 Å². The molecule has 0 aliphatic carbocycles. The van der Waals surface area contributed by atoms with Gasteiger partial charge in [-0.1, -0.05) is 11.8 Å². The number of benzene rings is 2. The molecule has 0 radical (unpaired) electrons. The molecule has 0 bridgehead atoms. The van der Waals surface area contributed by atoms with E-state index in [4.69, 9.17) is 10.9 Å². The SMILES string of the molecule is CC(NC(=O)c1ccc(C#CC#Cc2ccc(N)cc2)cc1)C(=O)NO. The fourth-order valence-corrected chi connectivity index (χ4v) is 1.92. The summed E-state index contributed by atoms with van der Waals surface area (Å²) in [6, 6.07) is 12.9. The maximum Gasteiger partial charge on any atom is 0.265 e. The fraction of sp³-hybridized carbons (Fsp3) is 0.100. The molecule has 0 spiro atoms. The third-order valence-corrected chi connectivity index (χ3v) is 3.39. The second-order valence-corrected chi connectivity index (χ2v) is 5.37. The summed E-state index contributed by atoms with van der Waals surface area (Å²) >= 11 is 0. The second kappa shape index (κ2) is 8.93. The largest absolute Gasteiger partial charge is 0.399 e. The Morgan fingerprint density at radius 3 is 1.96 bits per heavy atom. The topological polar surface area (TPSA) is 104 Å². The Hall–Kier alpha value is -3.74. The van der Waals surface area contributed by atoms with E-state index in [1.54, 1.807) is 36.4 Å². The van der Waals surface area contributed by atoms with Crippen molar-refractivity contribution in [3.8, 4) is 23.7 Å². The van der Waals surface area contributed by atoms with E-state index in [0.717, 1.165) is 5.56 Å². The van der Waals surface area contributed by atoms with E-state index < -0.39 is 17.9 Å². The summed E-state index contributed by atoms with van der Waals surface area (Å²) < 4.78 is 0. The third kappa shape index (κ3) is 5.41. The highest BCUT2D eigenvalue weighted by molar-refractivity contribution is 5.97. The first-order valence-corrected chi connectivity index (χ1v) is 7.72. The number of hydrogen-bond donors (Lipinski definition) is 4. The number of nitrogens with two attached hydrogens (primary N) is 1. The van der Waals surface area contributed by atoms with Gasteiger partial charge in [-0.05, 0) is 67.3 Å². The Morgan fingerprint density at radius 1 is 0.962 bits per heavy atom. The number of carbonyl (C=O) groups excluding carboxylic acids is 2. The van der Waals surface area contributed by atoms with E-state index in [1.807, 2.05) is 12.1 Å². The van der Waals surface area contributed by atoms with Crippen molar-refractivity contribution in [1.29, 1.82) is 0 Å². The molecule has 0 aliphatic heterocycles. The van der Waals surface area contributed by atoms with E-state index in [1.165, 1.54) is 12.4 Å². The van der Waals surface area contributed by atoms with Gasteiger partial charge < -0.3 is 11.1 Å². The summed E-state index contributed by atoms with van der Waals surface area (Å²) in [5.41, 5.74) is 9.66. The first-order chi connectivity index (χ1) is 12.5. The molecule has 1 atom stereocenters. The van der Waals surface area contributed by atoms with Crippen LogP contribution in [0.25, 0.3) is 0 Å². The lowest BCUT2D eigenvalue weighted by molar-refractivity contribution is -0.130. The fourth-order valence-electron chi connectivity index (χ4n) is 1.92. The Labute approximate surface area is 151 Å². The summed E-state index contributed by atoms with van der Waals surface area (Å²) in [4.78, 5) is 23.2. The number of rotatable bonds is 3. The monoisotopic (exact) mass is 347 g/mol. The van der Waals surface area contributed by atoms with Gasteiger partial charge in [0, 0.05) is 22.4 Å². The number of carbonyl (C=O) groups is 2. The first-order valence-electron chi connectivity index (χ1n) is 7.72. The van der Waals surface area contributed by atoms with Crippen LogP contribution in [0.4, 0.5) is 5.69 Å². The smallest absolute Gasteiger partial charge is 0.265 e. The summed E-state index contributed by atoms with van der Waals surface area (Å²) in [6.45, 7) is 1.46. The molecule has 6 heteroatoms. The van der Waals surface area contributed by atoms with Gasteiger partial charge in [0.25, 0.3) is 11.8 Å². The molecule has 130 valence electrons. The number of hydroxylamine groups is 1. The zero-order valence-corrected chi connectivity index (χ0v) is 14.0. The third-order valence-electron chi connectivity index (χ3n) is 3.39. The molecular formula is C20H17N3O3. The molecule has 2 amide bonds. The van der Waals surface area contributed by atoms with Gasteiger partial charge in [-0.25, -0.2) is 5.48 Å². The molecule has 0 heterocycles. The lowest BCUT2D eigenvalue weighted by Gasteiger charge is -2.11. The van der Waals surface area contributed by atoms with Crippen molar-refractivity contribution in [3.05, 3.63) is 65.2 Å². The maximum absolute atomic E-state index is 12.0. The molecular weight excluding hydrogens is 330 g/mol. The van der Waals surface area contributed by atoms with Crippen LogP contribution < -0.4 is 16.5 Å². The highest BCUT2D eigenvalue weighted by Gasteiger charge is 2.15. The molecule has 6 nitrogen and oxygen atoms in total. The number of anilines is 1. The lowest BCUT2D eigenvalue weighted by Crippen LogP contribution is -2.43. The number of hydrogen-bond acceptors (Lipinski definition) is 4. The van der Waals surface area contributed by atoms with E-state index in [-0.39, 0.29) is 0 Å². The quantitative estimate of drug-likeness (QED) is 0.291. The summed E-state index contributed by atoms with van der Waals surface area (Å²) in [7, 11) is 0. The van der Waals surface area contributed by atoms with Gasteiger partial charge in [-0.3, -0.25) is 14.8 Å². The van der Waals surface area contributed by atoms with Gasteiger partial charge >= 0.3 is 0 Å². The van der Waals surface area contributed by atoms with Gasteiger partial charge in [0.05, 0.1) is 0 Å². The second-order valence-electron chi connectivity index (χ2n) is 5.37. The number of nitrogen functional groups attached to an aromatic ring is 1. The summed E-state index contributed by atoms with van der Waals surface area (Å²) in [6.07, 6.45) is 0. The molecule has 2 rings (SSSR count). The molecule has 2 aromatic carbocycles. The van der Waals surface area contributed by atoms with Gasteiger partial charge in [0.2, 0.25) is 0 Å². The molecule has 26 heavy (non-hydrogen) atoms. The predicted molar refractivity (Wildman–Crippen MR) is 97.9 cm³/mol. The highest BCUT2D eigenvalue weighted by Crippen LogP contribution is 2.05. The molecule has 0 saturated heterocycles. The van der Waals surface area contributed by atoms with E-state index in [0.29, 0.717) is 16.8 Å². The van der Waals surface area contributed by atoms with Crippen molar-refractivity contribution in [2.45, 2.75) is 13.0 Å². The maximum atomic E-state index is 12.0. The average molecular weight is 347 g/mol. The highest BCUT2D eigenvalue weighted by atomic mass is 16.5. The van der Waals surface area contributed by atoms with Crippen LogP contribution in [0.15, 0.2) is 48.5 Å². The lowest BCUT2D eigenvalue weighted by atomic mass is 10.1. The zero-order valence-electron chi connectivity index (χ0n) is 14.0. The summed E-state index contributed by atoms with van der Waals surface area (Å²) in [5.74, 6) is 10.2. The molecule has 0 saturated carbocycles. The van der Waals surface area contributed by atoms with Crippen LogP contribution in [0, 0.1) is 23.7 Å². The normalized spacial score (nSPS) is 10.4. The predicted octanol–water partition coefficient (Wildman–Crippen LogP) is 1.30. The minimum atomic E-state index is -0.851.